The van der Waals surface area contributed by atoms with Crippen LogP contribution in [-0.2, 0) is 16.1 Å². The third-order valence-corrected chi connectivity index (χ3v) is 4.82. The Balaban J connectivity index is 1.69. The van der Waals surface area contributed by atoms with Gasteiger partial charge in [-0.25, -0.2) is 9.78 Å². The highest BCUT2D eigenvalue weighted by Crippen LogP contribution is 2.30. The van der Waals surface area contributed by atoms with Crippen molar-refractivity contribution in [1.29, 1.82) is 0 Å². The monoisotopic (exact) mass is 414 g/mol. The van der Waals surface area contributed by atoms with Crippen LogP contribution >= 0.6 is 23.8 Å². The average molecular weight is 415 g/mol. The first-order valence-corrected chi connectivity index (χ1v) is 9.50. The third-order valence-electron chi connectivity index (χ3n) is 4.09. The molecule has 3 rings (SSSR count). The van der Waals surface area contributed by atoms with E-state index in [0.717, 1.165) is 16.6 Å². The predicted octanol–water partition coefficient (Wildman–Crippen LogP) is 4.79. The summed E-state index contributed by atoms with van der Waals surface area (Å²) >= 11 is 11.5. The number of carbonyl (C=O) groups is 1. The number of hydrogen-bond donors (Lipinski definition) is 0. The second-order valence-electron chi connectivity index (χ2n) is 5.98. The number of aromatic nitrogens is 1. The number of rotatable bonds is 5. The lowest BCUT2D eigenvalue weighted by atomic mass is 10.2. The second kappa shape index (κ2) is 8.99. The summed E-state index contributed by atoms with van der Waals surface area (Å²) in [6.45, 7) is 2.29. The number of nitrogens with zero attached hydrogens (tertiary/aromatic N) is 2. The van der Waals surface area contributed by atoms with Crippen LogP contribution in [-0.4, -0.2) is 29.6 Å². The average Bonchev–Trinajstić information content (AvgIpc) is 2.71. The molecule has 0 aliphatic carbocycles. The fourth-order valence-electron chi connectivity index (χ4n) is 2.60. The molecule has 3 aromatic rings. The summed E-state index contributed by atoms with van der Waals surface area (Å²) in [4.78, 5) is 18.0. The summed E-state index contributed by atoms with van der Waals surface area (Å²) in [6, 6.07) is 17.1. The zero-order valence-electron chi connectivity index (χ0n) is 15.5. The molecule has 144 valence electrons. The maximum Gasteiger partial charge on any atom is 0.366 e. The van der Waals surface area contributed by atoms with Crippen molar-refractivity contribution < 1.29 is 14.3 Å². The Bertz CT molecular complexity index is 1030. The van der Waals surface area contributed by atoms with Gasteiger partial charge in [0.05, 0.1) is 22.8 Å². The molecular formula is C21H19ClN2O3S. The van der Waals surface area contributed by atoms with Gasteiger partial charge in [0.25, 0.3) is 0 Å². The fourth-order valence-corrected chi connectivity index (χ4v) is 3.00. The molecule has 0 amide bonds. The molecule has 0 fully saturated rings. The third kappa shape index (κ3) is 4.58. The molecule has 0 radical (unpaired) electrons. The van der Waals surface area contributed by atoms with Gasteiger partial charge in [-0.2, -0.15) is 0 Å². The largest absolute Gasteiger partial charge is 0.486 e. The van der Waals surface area contributed by atoms with Crippen LogP contribution in [0.3, 0.4) is 0 Å². The van der Waals surface area contributed by atoms with Crippen molar-refractivity contribution in [1.82, 2.24) is 4.98 Å². The van der Waals surface area contributed by atoms with E-state index in [0.29, 0.717) is 23.1 Å². The highest BCUT2D eigenvalue weighted by Gasteiger charge is 2.17. The van der Waals surface area contributed by atoms with Gasteiger partial charge in [0.2, 0.25) is 0 Å². The number of ether oxygens (including phenoxy) is 2. The summed E-state index contributed by atoms with van der Waals surface area (Å²) in [6.07, 6.45) is 0. The number of halogens is 1. The summed E-state index contributed by atoms with van der Waals surface area (Å²) in [5.41, 5.74) is 2.39. The van der Waals surface area contributed by atoms with E-state index in [4.69, 9.17) is 33.3 Å². The van der Waals surface area contributed by atoms with Gasteiger partial charge in [-0.15, -0.1) is 0 Å². The molecule has 1 heterocycles. The van der Waals surface area contributed by atoms with Gasteiger partial charge in [-0.3, -0.25) is 0 Å². The van der Waals surface area contributed by atoms with Crippen molar-refractivity contribution in [2.75, 3.05) is 18.6 Å². The van der Waals surface area contributed by atoms with E-state index in [1.54, 1.807) is 37.1 Å². The first-order valence-electron chi connectivity index (χ1n) is 8.71. The smallest absolute Gasteiger partial charge is 0.366 e. The molecule has 7 heteroatoms. The summed E-state index contributed by atoms with van der Waals surface area (Å²) in [5, 5.41) is 1.49. The van der Waals surface area contributed by atoms with E-state index in [1.165, 1.54) is 0 Å². The number of esters is 1. The summed E-state index contributed by atoms with van der Waals surface area (Å²) in [7, 11) is 1.68. The first kappa shape index (κ1) is 20.0. The van der Waals surface area contributed by atoms with Crippen molar-refractivity contribution in [3.05, 3.63) is 65.3 Å². The number of fused-ring (bicyclic) bond motifs is 1. The minimum atomic E-state index is -0.543. The number of thiocarbonyl (C=S) groups is 1. The molecule has 0 atom stereocenters. The maximum absolute atomic E-state index is 11.8. The van der Waals surface area contributed by atoms with Gasteiger partial charge in [0, 0.05) is 18.1 Å². The standard InChI is InChI=1S/C21H19ClN2O3S/c1-3-26-21(25)20(28)24(2)16-10-11-19(17(22)12-16)27-13-15-9-8-14-6-4-5-7-18(14)23-15/h4-12H,3,13H2,1-2H3. The van der Waals surface area contributed by atoms with Crippen LogP contribution in [0.5, 0.6) is 5.75 Å². The van der Waals surface area contributed by atoms with Crippen LogP contribution in [0.1, 0.15) is 12.6 Å². The minimum absolute atomic E-state index is 0.0620. The second-order valence-corrected chi connectivity index (χ2v) is 6.78. The SMILES string of the molecule is CCOC(=O)C(=S)N(C)c1ccc(OCc2ccc3ccccc3n2)c(Cl)c1. The predicted molar refractivity (Wildman–Crippen MR) is 115 cm³/mol. The Morgan fingerprint density at radius 1 is 1.18 bits per heavy atom. The molecule has 5 nitrogen and oxygen atoms in total. The van der Waals surface area contributed by atoms with Gasteiger partial charge in [0.1, 0.15) is 12.4 Å². The Kier molecular flexibility index (Phi) is 6.44. The number of para-hydroxylation sites is 1. The number of benzene rings is 2. The highest BCUT2D eigenvalue weighted by molar-refractivity contribution is 7.82. The lowest BCUT2D eigenvalue weighted by molar-refractivity contribution is -0.134. The molecule has 0 aliphatic heterocycles. The van der Waals surface area contributed by atoms with Crippen molar-refractivity contribution in [2.24, 2.45) is 0 Å². The normalized spacial score (nSPS) is 10.5. The molecular weight excluding hydrogens is 396 g/mol. The van der Waals surface area contributed by atoms with E-state index in [1.807, 2.05) is 36.4 Å². The van der Waals surface area contributed by atoms with Gasteiger partial charge >= 0.3 is 5.97 Å². The van der Waals surface area contributed by atoms with Gasteiger partial charge < -0.3 is 14.4 Å². The van der Waals surface area contributed by atoms with E-state index >= 15 is 0 Å². The quantitative estimate of drug-likeness (QED) is 0.441. The molecule has 0 spiro atoms. The lowest BCUT2D eigenvalue weighted by Gasteiger charge is -2.19. The number of likely N-dealkylation sites (N-methyl/N-ethyl adjacent to an activating group) is 1. The van der Waals surface area contributed by atoms with E-state index < -0.39 is 5.97 Å². The zero-order chi connectivity index (χ0) is 20.1. The van der Waals surface area contributed by atoms with Crippen LogP contribution in [0.4, 0.5) is 5.69 Å². The molecule has 0 saturated carbocycles. The number of hydrogen-bond acceptors (Lipinski definition) is 5. The van der Waals surface area contributed by atoms with Gasteiger partial charge in [-0.05, 0) is 37.3 Å². The molecule has 0 N–H and O–H groups in total. The van der Waals surface area contributed by atoms with Gasteiger partial charge in [0.15, 0.2) is 4.99 Å². The Hall–Kier alpha value is -2.70. The number of pyridine rings is 1. The lowest BCUT2D eigenvalue weighted by Crippen LogP contribution is -2.32. The fraction of sp³-hybridized carbons (Fsp3) is 0.190. The van der Waals surface area contributed by atoms with Crippen molar-refractivity contribution >= 4 is 51.4 Å². The summed E-state index contributed by atoms with van der Waals surface area (Å²) in [5.74, 6) is -0.0188. The Morgan fingerprint density at radius 3 is 2.71 bits per heavy atom. The van der Waals surface area contributed by atoms with Crippen LogP contribution in [0.2, 0.25) is 5.02 Å². The molecule has 1 aromatic heterocycles. The Labute approximate surface area is 173 Å². The van der Waals surface area contributed by atoms with E-state index in [-0.39, 0.29) is 11.6 Å². The topological polar surface area (TPSA) is 51.7 Å². The van der Waals surface area contributed by atoms with Crippen LogP contribution < -0.4 is 9.64 Å². The van der Waals surface area contributed by atoms with Crippen molar-refractivity contribution in [2.45, 2.75) is 13.5 Å². The van der Waals surface area contributed by atoms with E-state index in [9.17, 15) is 4.79 Å². The highest BCUT2D eigenvalue weighted by atomic mass is 35.5. The molecule has 28 heavy (non-hydrogen) atoms. The van der Waals surface area contributed by atoms with Crippen molar-refractivity contribution in [3.8, 4) is 5.75 Å². The van der Waals surface area contributed by atoms with Crippen molar-refractivity contribution in [3.63, 3.8) is 0 Å². The first-order chi connectivity index (χ1) is 13.5. The molecule has 0 saturated heterocycles. The minimum Gasteiger partial charge on any atom is -0.486 e. The van der Waals surface area contributed by atoms with Gasteiger partial charge in [-0.1, -0.05) is 48.1 Å². The van der Waals surface area contributed by atoms with Crippen LogP contribution in [0.25, 0.3) is 10.9 Å². The van der Waals surface area contributed by atoms with Crippen LogP contribution in [0.15, 0.2) is 54.6 Å². The van der Waals surface area contributed by atoms with E-state index in [2.05, 4.69) is 4.98 Å². The Morgan fingerprint density at radius 2 is 1.96 bits per heavy atom. The molecule has 2 aromatic carbocycles. The summed E-state index contributed by atoms with van der Waals surface area (Å²) < 4.78 is 10.7. The molecule has 0 aliphatic rings. The number of carbonyl (C=O) groups excluding carboxylic acids is 1. The molecule has 0 unspecified atom stereocenters. The molecule has 0 bridgehead atoms. The van der Waals surface area contributed by atoms with Crippen LogP contribution in [0, 0.1) is 0 Å². The zero-order valence-corrected chi connectivity index (χ0v) is 17.1. The maximum atomic E-state index is 11.8. The number of anilines is 1.